The van der Waals surface area contributed by atoms with Crippen LogP contribution in [-0.2, 0) is 4.74 Å². The third kappa shape index (κ3) is 2.94. The first-order valence-corrected chi connectivity index (χ1v) is 6.35. The summed E-state index contributed by atoms with van der Waals surface area (Å²) in [6, 6.07) is 0. The molecule has 2 rings (SSSR count). The molecule has 16 heavy (non-hydrogen) atoms. The lowest BCUT2D eigenvalue weighted by atomic mass is 10.0. The molecule has 0 bridgehead atoms. The van der Waals surface area contributed by atoms with Gasteiger partial charge in [0, 0.05) is 19.6 Å². The van der Waals surface area contributed by atoms with Gasteiger partial charge in [-0.05, 0) is 25.7 Å². The van der Waals surface area contributed by atoms with Gasteiger partial charge in [0.05, 0.1) is 24.9 Å². The van der Waals surface area contributed by atoms with Crippen LogP contribution < -0.4 is 0 Å². The molecule has 0 radical (unpaired) electrons. The van der Waals surface area contributed by atoms with Gasteiger partial charge in [-0.1, -0.05) is 6.42 Å². The molecule has 2 aliphatic rings. The molecule has 1 saturated heterocycles. The second-order valence-corrected chi connectivity index (χ2v) is 5.23. The molecule has 1 heterocycles. The van der Waals surface area contributed by atoms with Crippen molar-refractivity contribution in [2.45, 2.75) is 44.5 Å². The van der Waals surface area contributed by atoms with E-state index in [4.69, 9.17) is 9.84 Å². The molecule has 94 valence electrons. The number of hydrogen-bond donors (Lipinski definition) is 2. The van der Waals surface area contributed by atoms with Crippen LogP contribution >= 0.6 is 0 Å². The Bertz CT molecular complexity index is 224. The van der Waals surface area contributed by atoms with Crippen molar-refractivity contribution in [1.82, 2.24) is 4.90 Å². The van der Waals surface area contributed by atoms with Crippen molar-refractivity contribution in [2.24, 2.45) is 5.92 Å². The van der Waals surface area contributed by atoms with E-state index in [1.54, 1.807) is 0 Å². The summed E-state index contributed by atoms with van der Waals surface area (Å²) in [4.78, 5) is 2.33. The average molecular weight is 229 g/mol. The lowest BCUT2D eigenvalue weighted by molar-refractivity contribution is -0.100. The molecule has 1 aliphatic carbocycles. The Kier molecular flexibility index (Phi) is 4.19. The number of rotatable bonds is 3. The van der Waals surface area contributed by atoms with Crippen LogP contribution in [-0.4, -0.2) is 59.7 Å². The molecular formula is C12H23NO3. The molecule has 0 spiro atoms. The first-order chi connectivity index (χ1) is 7.69. The number of morpholine rings is 1. The van der Waals surface area contributed by atoms with E-state index in [2.05, 4.69) is 4.90 Å². The van der Waals surface area contributed by atoms with E-state index in [1.807, 2.05) is 6.92 Å². The SMILES string of the molecule is CC1CN(CC2CCCC2O)CC(CO)O1. The number of nitrogens with zero attached hydrogens (tertiary/aromatic N) is 1. The van der Waals surface area contributed by atoms with Gasteiger partial charge >= 0.3 is 0 Å². The molecule has 1 aliphatic heterocycles. The molecule has 0 aromatic carbocycles. The Hall–Kier alpha value is -0.160. The third-order valence-electron chi connectivity index (χ3n) is 3.72. The Balaban J connectivity index is 1.84. The maximum atomic E-state index is 9.80. The van der Waals surface area contributed by atoms with E-state index >= 15 is 0 Å². The summed E-state index contributed by atoms with van der Waals surface area (Å²) in [6.07, 6.45) is 3.25. The summed E-state index contributed by atoms with van der Waals surface area (Å²) in [6.45, 7) is 4.79. The fraction of sp³-hybridized carbons (Fsp3) is 1.00. The predicted octanol–water partition coefficient (Wildman–Crippen LogP) is 0.229. The van der Waals surface area contributed by atoms with E-state index in [-0.39, 0.29) is 24.9 Å². The Labute approximate surface area is 97.2 Å². The number of aliphatic hydroxyl groups excluding tert-OH is 2. The second kappa shape index (κ2) is 5.45. The second-order valence-electron chi connectivity index (χ2n) is 5.23. The van der Waals surface area contributed by atoms with Crippen LogP contribution in [0.5, 0.6) is 0 Å². The van der Waals surface area contributed by atoms with E-state index < -0.39 is 0 Å². The number of aliphatic hydroxyl groups is 2. The molecule has 1 saturated carbocycles. The van der Waals surface area contributed by atoms with Crippen LogP contribution in [0.3, 0.4) is 0 Å². The normalized spacial score (nSPS) is 41.4. The topological polar surface area (TPSA) is 52.9 Å². The van der Waals surface area contributed by atoms with Crippen molar-refractivity contribution in [2.75, 3.05) is 26.2 Å². The van der Waals surface area contributed by atoms with E-state index in [0.29, 0.717) is 5.92 Å². The summed E-state index contributed by atoms with van der Waals surface area (Å²) >= 11 is 0. The van der Waals surface area contributed by atoms with E-state index in [9.17, 15) is 5.11 Å². The lowest BCUT2D eigenvalue weighted by Crippen LogP contribution is -2.49. The average Bonchev–Trinajstić information content (AvgIpc) is 2.63. The maximum absolute atomic E-state index is 9.80. The van der Waals surface area contributed by atoms with Crippen molar-refractivity contribution in [1.29, 1.82) is 0 Å². The summed E-state index contributed by atoms with van der Waals surface area (Å²) in [5.41, 5.74) is 0. The molecule has 2 N–H and O–H groups in total. The quantitative estimate of drug-likeness (QED) is 0.727. The summed E-state index contributed by atoms with van der Waals surface area (Å²) in [7, 11) is 0. The number of hydrogen-bond acceptors (Lipinski definition) is 4. The fourth-order valence-corrected chi connectivity index (χ4v) is 2.95. The van der Waals surface area contributed by atoms with Crippen molar-refractivity contribution in [3.63, 3.8) is 0 Å². The fourth-order valence-electron chi connectivity index (χ4n) is 2.95. The van der Waals surface area contributed by atoms with Crippen LogP contribution in [0.2, 0.25) is 0 Å². The minimum Gasteiger partial charge on any atom is -0.394 e. The molecule has 0 aromatic rings. The van der Waals surface area contributed by atoms with Crippen molar-refractivity contribution in [3.05, 3.63) is 0 Å². The lowest BCUT2D eigenvalue weighted by Gasteiger charge is -2.37. The van der Waals surface area contributed by atoms with Gasteiger partial charge in [-0.25, -0.2) is 0 Å². The van der Waals surface area contributed by atoms with Crippen LogP contribution in [0.4, 0.5) is 0 Å². The number of ether oxygens (including phenoxy) is 1. The van der Waals surface area contributed by atoms with Crippen molar-refractivity contribution in [3.8, 4) is 0 Å². The van der Waals surface area contributed by atoms with Crippen LogP contribution in [0.25, 0.3) is 0 Å². The zero-order valence-corrected chi connectivity index (χ0v) is 10.0. The van der Waals surface area contributed by atoms with Crippen LogP contribution in [0.15, 0.2) is 0 Å². The highest BCUT2D eigenvalue weighted by Crippen LogP contribution is 2.27. The Morgan fingerprint density at radius 2 is 2.12 bits per heavy atom. The van der Waals surface area contributed by atoms with E-state index in [0.717, 1.165) is 38.9 Å². The molecule has 0 aromatic heterocycles. The van der Waals surface area contributed by atoms with Gasteiger partial charge < -0.3 is 14.9 Å². The zero-order chi connectivity index (χ0) is 11.5. The Morgan fingerprint density at radius 3 is 2.75 bits per heavy atom. The smallest absolute Gasteiger partial charge is 0.0936 e. The highest BCUT2D eigenvalue weighted by atomic mass is 16.5. The first kappa shape index (κ1) is 12.3. The highest BCUT2D eigenvalue weighted by molar-refractivity contribution is 4.83. The minimum atomic E-state index is -0.120. The minimum absolute atomic E-state index is 0.0534. The van der Waals surface area contributed by atoms with Gasteiger partial charge in [-0.15, -0.1) is 0 Å². The van der Waals surface area contributed by atoms with Gasteiger partial charge in [0.15, 0.2) is 0 Å². The highest BCUT2D eigenvalue weighted by Gasteiger charge is 2.31. The van der Waals surface area contributed by atoms with Gasteiger partial charge in [-0.3, -0.25) is 4.90 Å². The Morgan fingerprint density at radius 1 is 1.31 bits per heavy atom. The van der Waals surface area contributed by atoms with Crippen molar-refractivity contribution >= 4 is 0 Å². The molecule has 4 heteroatoms. The van der Waals surface area contributed by atoms with Crippen LogP contribution in [0.1, 0.15) is 26.2 Å². The largest absolute Gasteiger partial charge is 0.394 e. The van der Waals surface area contributed by atoms with Crippen LogP contribution in [0, 0.1) is 5.92 Å². The van der Waals surface area contributed by atoms with E-state index in [1.165, 1.54) is 0 Å². The standard InChI is InChI=1S/C12H23NO3/c1-9-5-13(7-11(8-14)16-9)6-10-3-2-4-12(10)15/h9-12,14-15H,2-8H2,1H3. The molecule has 4 atom stereocenters. The zero-order valence-electron chi connectivity index (χ0n) is 10.0. The van der Waals surface area contributed by atoms with Gasteiger partial charge in [-0.2, -0.15) is 0 Å². The summed E-state index contributed by atoms with van der Waals surface area (Å²) in [5, 5.41) is 18.9. The predicted molar refractivity (Wildman–Crippen MR) is 61.2 cm³/mol. The van der Waals surface area contributed by atoms with Crippen molar-refractivity contribution < 1.29 is 14.9 Å². The van der Waals surface area contributed by atoms with Gasteiger partial charge in [0.1, 0.15) is 0 Å². The molecule has 4 nitrogen and oxygen atoms in total. The molecular weight excluding hydrogens is 206 g/mol. The maximum Gasteiger partial charge on any atom is 0.0936 e. The molecule has 2 fully saturated rings. The summed E-state index contributed by atoms with van der Waals surface area (Å²) in [5.74, 6) is 0.421. The van der Waals surface area contributed by atoms with Gasteiger partial charge in [0.25, 0.3) is 0 Å². The molecule has 4 unspecified atom stereocenters. The summed E-state index contributed by atoms with van der Waals surface area (Å²) < 4.78 is 5.60. The van der Waals surface area contributed by atoms with Gasteiger partial charge in [0.2, 0.25) is 0 Å². The monoisotopic (exact) mass is 229 g/mol. The first-order valence-electron chi connectivity index (χ1n) is 6.35. The molecule has 0 amide bonds. The third-order valence-corrected chi connectivity index (χ3v) is 3.72.